The van der Waals surface area contributed by atoms with Crippen molar-refractivity contribution in [2.45, 2.75) is 51.9 Å². The summed E-state index contributed by atoms with van der Waals surface area (Å²) in [6, 6.07) is 18.8. The van der Waals surface area contributed by atoms with E-state index in [4.69, 9.17) is 16.3 Å². The number of rotatable bonds is 11. The number of carbonyl (C=O) groups is 1. The number of halogens is 1. The Balaban J connectivity index is 1.72. The van der Waals surface area contributed by atoms with Gasteiger partial charge in [-0.25, -0.2) is 9.67 Å². The third-order valence-corrected chi connectivity index (χ3v) is 5.31. The largest absolute Gasteiger partial charge is 0.478 e. The van der Waals surface area contributed by atoms with Gasteiger partial charge in [0.1, 0.15) is 0 Å². The molecule has 1 amide bonds. The number of hydrogen-bond donors (Lipinski definition) is 0. The van der Waals surface area contributed by atoms with Gasteiger partial charge in [-0.05, 0) is 36.2 Å². The lowest BCUT2D eigenvalue weighted by molar-refractivity contribution is -0.117. The Morgan fingerprint density at radius 2 is 1.72 bits per heavy atom. The molecule has 0 bridgehead atoms. The van der Waals surface area contributed by atoms with E-state index in [-0.39, 0.29) is 12.3 Å². The molecule has 0 aliphatic heterocycles. The van der Waals surface area contributed by atoms with Crippen LogP contribution in [0.4, 0.5) is 0 Å². The van der Waals surface area contributed by atoms with Crippen LogP contribution in [-0.2, 0) is 11.2 Å². The van der Waals surface area contributed by atoms with E-state index < -0.39 is 0 Å². The van der Waals surface area contributed by atoms with Gasteiger partial charge in [0.15, 0.2) is 0 Å². The Morgan fingerprint density at radius 3 is 2.47 bits per heavy atom. The Labute approximate surface area is 194 Å². The van der Waals surface area contributed by atoms with Crippen LogP contribution in [-0.4, -0.2) is 22.3 Å². The summed E-state index contributed by atoms with van der Waals surface area (Å²) in [6.45, 7) is 2.82. The molecule has 0 spiro atoms. The lowest BCUT2D eigenvalue weighted by Gasteiger charge is -2.13. The molecule has 0 radical (unpaired) electrons. The molecule has 1 aromatic heterocycles. The van der Waals surface area contributed by atoms with Gasteiger partial charge >= 0.3 is 0 Å². The van der Waals surface area contributed by atoms with E-state index in [0.29, 0.717) is 22.9 Å². The van der Waals surface area contributed by atoms with Crippen molar-refractivity contribution in [3.63, 3.8) is 0 Å². The van der Waals surface area contributed by atoms with Gasteiger partial charge in [-0.2, -0.15) is 5.10 Å². The zero-order chi connectivity index (χ0) is 22.6. The monoisotopic (exact) mass is 451 g/mol. The molecule has 0 aliphatic rings. The molecule has 6 heteroatoms. The maximum absolute atomic E-state index is 12.4. The molecule has 5 nitrogen and oxygen atoms in total. The van der Waals surface area contributed by atoms with Crippen molar-refractivity contribution in [1.82, 2.24) is 9.78 Å². The average Bonchev–Trinajstić information content (AvgIpc) is 2.81. The summed E-state index contributed by atoms with van der Waals surface area (Å²) in [7, 11) is 0. The summed E-state index contributed by atoms with van der Waals surface area (Å²) in [6.07, 6.45) is 8.94. The highest BCUT2D eigenvalue weighted by atomic mass is 35.5. The minimum Gasteiger partial charge on any atom is -0.478 e. The van der Waals surface area contributed by atoms with E-state index in [0.717, 1.165) is 24.1 Å². The molecule has 2 aromatic carbocycles. The number of hydrogen-bond acceptors (Lipinski definition) is 3. The van der Waals surface area contributed by atoms with E-state index in [1.54, 1.807) is 29.1 Å². The first-order valence-corrected chi connectivity index (χ1v) is 11.6. The molecule has 32 heavy (non-hydrogen) atoms. The summed E-state index contributed by atoms with van der Waals surface area (Å²) < 4.78 is 7.80. The van der Waals surface area contributed by atoms with Crippen molar-refractivity contribution in [2.24, 2.45) is 4.99 Å². The minimum atomic E-state index is -0.242. The second-order valence-corrected chi connectivity index (χ2v) is 8.16. The summed E-state index contributed by atoms with van der Waals surface area (Å²) in [5, 5.41) is 5.61. The van der Waals surface area contributed by atoms with Gasteiger partial charge in [0.25, 0.3) is 5.91 Å². The zero-order valence-electron chi connectivity index (χ0n) is 18.5. The molecule has 3 rings (SSSR count). The lowest BCUT2D eigenvalue weighted by atomic mass is 10.1. The molecule has 0 aliphatic carbocycles. The minimum absolute atomic E-state index is 0.207. The van der Waals surface area contributed by atoms with E-state index in [9.17, 15) is 4.79 Å². The van der Waals surface area contributed by atoms with Gasteiger partial charge in [0.2, 0.25) is 5.88 Å². The topological polar surface area (TPSA) is 56.5 Å². The fourth-order valence-electron chi connectivity index (χ4n) is 3.35. The maximum atomic E-state index is 12.4. The van der Waals surface area contributed by atoms with E-state index in [1.807, 2.05) is 42.5 Å². The molecular weight excluding hydrogens is 422 g/mol. The van der Waals surface area contributed by atoms with Crippen molar-refractivity contribution < 1.29 is 9.53 Å². The van der Waals surface area contributed by atoms with Crippen LogP contribution >= 0.6 is 11.6 Å². The van der Waals surface area contributed by atoms with Crippen LogP contribution in [0.15, 0.2) is 71.9 Å². The van der Waals surface area contributed by atoms with Crippen LogP contribution in [0.1, 0.15) is 51.0 Å². The van der Waals surface area contributed by atoms with Crippen LogP contribution in [0.2, 0.25) is 5.02 Å². The molecular formula is C26H30ClN3O2. The summed E-state index contributed by atoms with van der Waals surface area (Å²) >= 11 is 5.91. The highest BCUT2D eigenvalue weighted by Crippen LogP contribution is 2.15. The second-order valence-electron chi connectivity index (χ2n) is 7.72. The number of benzene rings is 2. The average molecular weight is 452 g/mol. The highest BCUT2D eigenvalue weighted by molar-refractivity contribution is 6.30. The van der Waals surface area contributed by atoms with Crippen molar-refractivity contribution in [1.29, 1.82) is 0 Å². The lowest BCUT2D eigenvalue weighted by Crippen LogP contribution is -2.16. The first-order valence-electron chi connectivity index (χ1n) is 11.3. The van der Waals surface area contributed by atoms with Crippen LogP contribution in [0.3, 0.4) is 0 Å². The SMILES string of the molecule is CCCCCCCCOc1cc(=NC(=O)Cc2ccc(Cl)cc2)cnn1-c1ccccc1. The number of carbonyl (C=O) groups excluding carboxylic acids is 1. The van der Waals surface area contributed by atoms with Crippen molar-refractivity contribution in [3.05, 3.63) is 82.8 Å². The molecule has 168 valence electrons. The number of aromatic nitrogens is 2. The standard InChI is InChI=1S/C26H30ClN3O2/c1-2-3-4-5-6-10-17-32-26-19-23(20-28-30(26)24-11-8-7-9-12-24)29-25(31)18-21-13-15-22(27)16-14-21/h7-9,11-16,19-20H,2-6,10,17-18H2,1H3. The Kier molecular flexibility index (Phi) is 9.51. The third-order valence-electron chi connectivity index (χ3n) is 5.06. The van der Waals surface area contributed by atoms with Crippen LogP contribution < -0.4 is 10.1 Å². The fraction of sp³-hybridized carbons (Fsp3) is 0.346. The Bertz CT molecular complexity index is 1050. The maximum Gasteiger partial charge on any atom is 0.250 e. The number of para-hydroxylation sites is 1. The van der Waals surface area contributed by atoms with Gasteiger partial charge in [-0.15, -0.1) is 0 Å². The molecule has 0 fully saturated rings. The number of ether oxygens (including phenoxy) is 1. The Morgan fingerprint density at radius 1 is 1.00 bits per heavy atom. The number of unbranched alkanes of at least 4 members (excludes halogenated alkanes) is 5. The molecule has 3 aromatic rings. The van der Waals surface area contributed by atoms with E-state index in [2.05, 4.69) is 17.0 Å². The third kappa shape index (κ3) is 7.65. The van der Waals surface area contributed by atoms with Crippen molar-refractivity contribution >= 4 is 17.5 Å². The van der Waals surface area contributed by atoms with Gasteiger partial charge in [-0.3, -0.25) is 4.79 Å². The molecule has 1 heterocycles. The smallest absolute Gasteiger partial charge is 0.250 e. The number of nitrogens with zero attached hydrogens (tertiary/aromatic N) is 3. The van der Waals surface area contributed by atoms with E-state index in [1.165, 1.54) is 25.7 Å². The summed E-state index contributed by atoms with van der Waals surface area (Å²) in [4.78, 5) is 16.7. The molecule has 0 saturated carbocycles. The van der Waals surface area contributed by atoms with Gasteiger partial charge in [-0.1, -0.05) is 81.0 Å². The first-order chi connectivity index (χ1) is 15.7. The van der Waals surface area contributed by atoms with Crippen molar-refractivity contribution in [3.8, 4) is 11.6 Å². The Hall–Kier alpha value is -2.92. The molecule has 0 atom stereocenters. The fourth-order valence-corrected chi connectivity index (χ4v) is 3.47. The van der Waals surface area contributed by atoms with Crippen LogP contribution in [0.5, 0.6) is 5.88 Å². The molecule has 0 N–H and O–H groups in total. The van der Waals surface area contributed by atoms with Gasteiger partial charge in [0, 0.05) is 11.1 Å². The van der Waals surface area contributed by atoms with Crippen LogP contribution in [0.25, 0.3) is 5.69 Å². The van der Waals surface area contributed by atoms with Crippen molar-refractivity contribution in [2.75, 3.05) is 6.61 Å². The van der Waals surface area contributed by atoms with Gasteiger partial charge in [0.05, 0.1) is 30.3 Å². The predicted octanol–water partition coefficient (Wildman–Crippen LogP) is 5.94. The number of amides is 1. The summed E-state index contributed by atoms with van der Waals surface area (Å²) in [5.74, 6) is 0.332. The first kappa shape index (κ1) is 23.7. The van der Waals surface area contributed by atoms with Crippen LogP contribution in [0, 0.1) is 0 Å². The quantitative estimate of drug-likeness (QED) is 0.339. The van der Waals surface area contributed by atoms with E-state index >= 15 is 0 Å². The highest BCUT2D eigenvalue weighted by Gasteiger charge is 2.07. The molecule has 0 unspecified atom stereocenters. The predicted molar refractivity (Wildman–Crippen MR) is 128 cm³/mol. The summed E-state index contributed by atoms with van der Waals surface area (Å²) in [5.41, 5.74) is 1.76. The normalized spacial score (nSPS) is 11.5. The zero-order valence-corrected chi connectivity index (χ0v) is 19.3. The molecule has 0 saturated heterocycles. The van der Waals surface area contributed by atoms with Gasteiger partial charge < -0.3 is 4.74 Å². The second kappa shape index (κ2) is 12.8.